The molecule has 0 fully saturated rings. The molecule has 0 unspecified atom stereocenters. The molecular formula is C13H8BrFN4O. The SMILES string of the molecule is Nc1c(F)cccc1-c1nc(-c2ncccc2Br)no1. The Bertz CT molecular complexity index is 775. The lowest BCUT2D eigenvalue weighted by atomic mass is 10.2. The Morgan fingerprint density at radius 1 is 1.20 bits per heavy atom. The molecule has 3 rings (SSSR count). The van der Waals surface area contributed by atoms with Crippen LogP contribution in [0.5, 0.6) is 0 Å². The predicted molar refractivity (Wildman–Crippen MR) is 75.0 cm³/mol. The van der Waals surface area contributed by atoms with E-state index < -0.39 is 5.82 Å². The van der Waals surface area contributed by atoms with Gasteiger partial charge in [0.2, 0.25) is 5.82 Å². The summed E-state index contributed by atoms with van der Waals surface area (Å²) in [5.74, 6) is -0.0769. The van der Waals surface area contributed by atoms with Crippen LogP contribution in [0.25, 0.3) is 23.0 Å². The number of rotatable bonds is 2. The third-order valence-electron chi connectivity index (χ3n) is 2.68. The summed E-state index contributed by atoms with van der Waals surface area (Å²) in [6.45, 7) is 0. The molecule has 0 saturated carbocycles. The maximum absolute atomic E-state index is 13.4. The van der Waals surface area contributed by atoms with E-state index in [2.05, 4.69) is 31.1 Å². The van der Waals surface area contributed by atoms with E-state index in [0.29, 0.717) is 17.1 Å². The first-order valence-electron chi connectivity index (χ1n) is 5.66. The first-order chi connectivity index (χ1) is 9.66. The molecule has 2 aromatic heterocycles. The highest BCUT2D eigenvalue weighted by molar-refractivity contribution is 9.10. The molecule has 2 heterocycles. The van der Waals surface area contributed by atoms with Crippen LogP contribution >= 0.6 is 15.9 Å². The second-order valence-corrected chi connectivity index (χ2v) is 4.81. The van der Waals surface area contributed by atoms with Gasteiger partial charge in [0, 0.05) is 10.7 Å². The standard InChI is InChI=1S/C13H8BrFN4O/c14-8-4-2-6-17-11(8)12-18-13(20-19-12)7-3-1-5-9(15)10(7)16/h1-6H,16H2. The van der Waals surface area contributed by atoms with Gasteiger partial charge in [-0.05, 0) is 40.2 Å². The Labute approximate surface area is 121 Å². The molecule has 0 aliphatic heterocycles. The van der Waals surface area contributed by atoms with E-state index in [1.807, 2.05) is 6.07 Å². The normalized spacial score (nSPS) is 10.7. The van der Waals surface area contributed by atoms with E-state index in [9.17, 15) is 4.39 Å². The fourth-order valence-corrected chi connectivity index (χ4v) is 2.14. The molecule has 0 atom stereocenters. The van der Waals surface area contributed by atoms with Gasteiger partial charge in [0.15, 0.2) is 0 Å². The third kappa shape index (κ3) is 2.16. The van der Waals surface area contributed by atoms with Crippen LogP contribution < -0.4 is 5.73 Å². The minimum absolute atomic E-state index is 0.0252. The summed E-state index contributed by atoms with van der Waals surface area (Å²) in [4.78, 5) is 8.35. The van der Waals surface area contributed by atoms with Gasteiger partial charge < -0.3 is 10.3 Å². The molecular weight excluding hydrogens is 327 g/mol. The smallest absolute Gasteiger partial charge is 0.260 e. The van der Waals surface area contributed by atoms with Gasteiger partial charge in [-0.25, -0.2) is 4.39 Å². The van der Waals surface area contributed by atoms with Crippen molar-refractivity contribution in [1.82, 2.24) is 15.1 Å². The second kappa shape index (κ2) is 5.01. The summed E-state index contributed by atoms with van der Waals surface area (Å²) in [5.41, 5.74) is 6.54. The van der Waals surface area contributed by atoms with Gasteiger partial charge in [-0.1, -0.05) is 11.2 Å². The molecule has 20 heavy (non-hydrogen) atoms. The molecule has 0 radical (unpaired) electrons. The van der Waals surface area contributed by atoms with Gasteiger partial charge in [0.1, 0.15) is 11.5 Å². The van der Waals surface area contributed by atoms with Gasteiger partial charge in [-0.2, -0.15) is 4.98 Å². The summed E-state index contributed by atoms with van der Waals surface area (Å²) in [7, 11) is 0. The largest absolute Gasteiger partial charge is 0.396 e. The monoisotopic (exact) mass is 334 g/mol. The van der Waals surface area contributed by atoms with E-state index in [1.165, 1.54) is 12.1 Å². The van der Waals surface area contributed by atoms with Crippen molar-refractivity contribution >= 4 is 21.6 Å². The van der Waals surface area contributed by atoms with E-state index in [1.54, 1.807) is 18.3 Å². The van der Waals surface area contributed by atoms with Gasteiger partial charge in [-0.15, -0.1) is 0 Å². The molecule has 0 aliphatic rings. The zero-order valence-electron chi connectivity index (χ0n) is 10.0. The van der Waals surface area contributed by atoms with Crippen molar-refractivity contribution < 1.29 is 8.91 Å². The molecule has 0 saturated heterocycles. The number of hydrogen-bond donors (Lipinski definition) is 1. The van der Waals surface area contributed by atoms with Gasteiger partial charge in [0.25, 0.3) is 5.89 Å². The molecule has 0 spiro atoms. The maximum atomic E-state index is 13.4. The van der Waals surface area contributed by atoms with E-state index in [4.69, 9.17) is 10.3 Å². The summed E-state index contributed by atoms with van der Waals surface area (Å²) in [5, 5.41) is 3.84. The molecule has 0 bridgehead atoms. The second-order valence-electron chi connectivity index (χ2n) is 3.96. The fourth-order valence-electron chi connectivity index (χ4n) is 1.70. The quantitative estimate of drug-likeness (QED) is 0.727. The van der Waals surface area contributed by atoms with Crippen molar-refractivity contribution in [2.75, 3.05) is 5.73 Å². The lowest BCUT2D eigenvalue weighted by Crippen LogP contribution is -1.94. The topological polar surface area (TPSA) is 77.8 Å². The van der Waals surface area contributed by atoms with Crippen molar-refractivity contribution in [1.29, 1.82) is 0 Å². The van der Waals surface area contributed by atoms with E-state index in [-0.39, 0.29) is 11.6 Å². The molecule has 0 amide bonds. The molecule has 100 valence electrons. The first kappa shape index (κ1) is 12.7. The molecule has 0 aliphatic carbocycles. The van der Waals surface area contributed by atoms with Crippen molar-refractivity contribution in [2.45, 2.75) is 0 Å². The Balaban J connectivity index is 2.07. The van der Waals surface area contributed by atoms with E-state index >= 15 is 0 Å². The highest BCUT2D eigenvalue weighted by atomic mass is 79.9. The number of para-hydroxylation sites is 1. The Kier molecular flexibility index (Phi) is 3.19. The number of pyridine rings is 1. The summed E-state index contributed by atoms with van der Waals surface area (Å²) >= 11 is 3.36. The van der Waals surface area contributed by atoms with Gasteiger partial charge in [0.05, 0.1) is 11.3 Å². The van der Waals surface area contributed by atoms with E-state index in [0.717, 1.165) is 4.47 Å². The average Bonchev–Trinajstić information content (AvgIpc) is 2.92. The number of halogens is 2. The molecule has 1 aromatic carbocycles. The minimum atomic E-state index is -0.527. The number of nitrogens with zero attached hydrogens (tertiary/aromatic N) is 3. The zero-order valence-corrected chi connectivity index (χ0v) is 11.6. The maximum Gasteiger partial charge on any atom is 0.260 e. The van der Waals surface area contributed by atoms with Gasteiger partial charge >= 0.3 is 0 Å². The van der Waals surface area contributed by atoms with Crippen LogP contribution in [0.2, 0.25) is 0 Å². The number of benzene rings is 1. The van der Waals surface area contributed by atoms with Crippen LogP contribution in [0.15, 0.2) is 45.5 Å². The first-order valence-corrected chi connectivity index (χ1v) is 6.45. The highest BCUT2D eigenvalue weighted by Crippen LogP contribution is 2.29. The van der Waals surface area contributed by atoms with Crippen molar-refractivity contribution in [3.63, 3.8) is 0 Å². The molecule has 7 heteroatoms. The minimum Gasteiger partial charge on any atom is -0.396 e. The third-order valence-corrected chi connectivity index (χ3v) is 3.32. The van der Waals surface area contributed by atoms with Crippen LogP contribution in [0.4, 0.5) is 10.1 Å². The summed E-state index contributed by atoms with van der Waals surface area (Å²) < 4.78 is 19.3. The van der Waals surface area contributed by atoms with Crippen molar-refractivity contribution in [2.24, 2.45) is 0 Å². The number of aromatic nitrogens is 3. The van der Waals surface area contributed by atoms with Crippen LogP contribution in [0.1, 0.15) is 0 Å². The number of nitrogens with two attached hydrogens (primary N) is 1. The Morgan fingerprint density at radius 2 is 2.05 bits per heavy atom. The van der Waals surface area contributed by atoms with Crippen molar-refractivity contribution in [3.8, 4) is 23.0 Å². The number of anilines is 1. The average molecular weight is 335 g/mol. The highest BCUT2D eigenvalue weighted by Gasteiger charge is 2.16. The lowest BCUT2D eigenvalue weighted by molar-refractivity contribution is 0.432. The molecule has 3 aromatic rings. The number of nitrogen functional groups attached to an aromatic ring is 1. The van der Waals surface area contributed by atoms with Crippen LogP contribution in [-0.4, -0.2) is 15.1 Å². The van der Waals surface area contributed by atoms with Gasteiger partial charge in [-0.3, -0.25) is 4.98 Å². The van der Waals surface area contributed by atoms with Crippen molar-refractivity contribution in [3.05, 3.63) is 46.8 Å². The predicted octanol–water partition coefficient (Wildman–Crippen LogP) is 3.28. The van der Waals surface area contributed by atoms with Crippen LogP contribution in [0, 0.1) is 5.82 Å². The zero-order chi connectivity index (χ0) is 14.1. The number of hydrogen-bond acceptors (Lipinski definition) is 5. The molecule has 2 N–H and O–H groups in total. The fraction of sp³-hybridized carbons (Fsp3) is 0. The molecule has 5 nitrogen and oxygen atoms in total. The lowest BCUT2D eigenvalue weighted by Gasteiger charge is -2.00. The Hall–Kier alpha value is -2.28. The Morgan fingerprint density at radius 3 is 2.85 bits per heavy atom. The van der Waals surface area contributed by atoms with Crippen LogP contribution in [-0.2, 0) is 0 Å². The summed E-state index contributed by atoms with van der Waals surface area (Å²) in [6.07, 6.45) is 1.62. The van der Waals surface area contributed by atoms with Crippen LogP contribution in [0.3, 0.4) is 0 Å². The summed E-state index contributed by atoms with van der Waals surface area (Å²) in [6, 6.07) is 8.00.